The molecule has 0 N–H and O–H groups in total. The van der Waals surface area contributed by atoms with E-state index in [4.69, 9.17) is 4.43 Å². The van der Waals surface area contributed by atoms with Crippen molar-refractivity contribution in [1.82, 2.24) is 0 Å². The van der Waals surface area contributed by atoms with Crippen LogP contribution in [0.25, 0.3) is 0 Å². The Morgan fingerprint density at radius 2 is 1.52 bits per heavy atom. The summed E-state index contributed by atoms with van der Waals surface area (Å²) in [5, 5.41) is -0.191. The average molecular weight is 411 g/mol. The second-order valence-electron chi connectivity index (χ2n) is 10.6. The van der Waals surface area contributed by atoms with E-state index in [-0.39, 0.29) is 21.8 Å². The standard InChI is InChI=1S/C22H38O3SSi/c1-21(2,3)17-12-14-19(15-13-17)26(23,24)20-11-9-10-18(16-20)25-27(7,8)22(4,5)6/h12-15,18,20H,9-11,16H2,1-8H3/t18-,20+/m0/s1. The predicted octanol–water partition coefficient (Wildman–Crippen LogP) is 6.09. The molecule has 0 amide bonds. The van der Waals surface area contributed by atoms with Crippen LogP contribution in [-0.4, -0.2) is 28.1 Å². The highest BCUT2D eigenvalue weighted by atomic mass is 32.2. The molecule has 3 nitrogen and oxygen atoms in total. The third-order valence-electron chi connectivity index (χ3n) is 6.33. The summed E-state index contributed by atoms with van der Waals surface area (Å²) in [5.74, 6) is 0. The number of rotatable bonds is 4. The van der Waals surface area contributed by atoms with Crippen LogP contribution < -0.4 is 0 Å². The maximum Gasteiger partial charge on any atom is 0.192 e. The van der Waals surface area contributed by atoms with Crippen LogP contribution in [0.15, 0.2) is 29.2 Å². The molecule has 0 spiro atoms. The lowest BCUT2D eigenvalue weighted by Gasteiger charge is -2.41. The van der Waals surface area contributed by atoms with Gasteiger partial charge in [-0.25, -0.2) is 8.42 Å². The Balaban J connectivity index is 2.17. The molecule has 5 heteroatoms. The van der Waals surface area contributed by atoms with E-state index in [1.165, 1.54) is 0 Å². The van der Waals surface area contributed by atoms with Crippen molar-refractivity contribution in [3.63, 3.8) is 0 Å². The fourth-order valence-electron chi connectivity index (χ4n) is 3.42. The van der Waals surface area contributed by atoms with Crippen molar-refractivity contribution in [3.8, 4) is 0 Å². The quantitative estimate of drug-likeness (QED) is 0.564. The SMILES string of the molecule is CC(C)(C)c1ccc(S(=O)(=O)[C@@H]2CCC[C@H](O[Si](C)(C)C(C)(C)C)C2)cc1. The van der Waals surface area contributed by atoms with E-state index in [9.17, 15) is 8.42 Å². The summed E-state index contributed by atoms with van der Waals surface area (Å²) in [6, 6.07) is 7.49. The fraction of sp³-hybridized carbons (Fsp3) is 0.727. The average Bonchev–Trinajstić information content (AvgIpc) is 2.53. The third-order valence-corrected chi connectivity index (χ3v) is 13.1. The van der Waals surface area contributed by atoms with Gasteiger partial charge in [0.15, 0.2) is 18.2 Å². The minimum atomic E-state index is -3.31. The number of sulfone groups is 1. The molecule has 1 aliphatic rings. The van der Waals surface area contributed by atoms with Crippen LogP contribution in [0.3, 0.4) is 0 Å². The first-order valence-electron chi connectivity index (χ1n) is 10.2. The molecule has 27 heavy (non-hydrogen) atoms. The van der Waals surface area contributed by atoms with Gasteiger partial charge in [-0.05, 0) is 66.9 Å². The number of hydrogen-bond acceptors (Lipinski definition) is 3. The summed E-state index contributed by atoms with van der Waals surface area (Å²) in [4.78, 5) is 0.452. The second kappa shape index (κ2) is 7.64. The highest BCUT2D eigenvalue weighted by molar-refractivity contribution is 7.92. The maximum absolute atomic E-state index is 13.2. The summed E-state index contributed by atoms with van der Waals surface area (Å²) in [5.41, 5.74) is 1.18. The first-order chi connectivity index (χ1) is 12.1. The first kappa shape index (κ1) is 22.6. The molecule has 154 valence electrons. The molecule has 1 aromatic rings. The Morgan fingerprint density at radius 1 is 0.963 bits per heavy atom. The molecule has 1 saturated carbocycles. The van der Waals surface area contributed by atoms with Gasteiger partial charge in [-0.2, -0.15) is 0 Å². The van der Waals surface area contributed by atoms with Gasteiger partial charge in [-0.15, -0.1) is 0 Å². The monoisotopic (exact) mass is 410 g/mol. The lowest BCUT2D eigenvalue weighted by molar-refractivity contribution is 0.139. The first-order valence-corrected chi connectivity index (χ1v) is 14.6. The van der Waals surface area contributed by atoms with E-state index in [1.54, 1.807) is 12.1 Å². The van der Waals surface area contributed by atoms with Crippen LogP contribution in [0, 0.1) is 0 Å². The van der Waals surface area contributed by atoms with Crippen molar-refractivity contribution in [2.45, 2.75) is 107 Å². The Hall–Kier alpha value is -0.653. The smallest absolute Gasteiger partial charge is 0.192 e. The Kier molecular flexibility index (Phi) is 6.40. The highest BCUT2D eigenvalue weighted by Gasteiger charge is 2.41. The van der Waals surface area contributed by atoms with Crippen LogP contribution in [0.1, 0.15) is 72.8 Å². The van der Waals surface area contributed by atoms with Gasteiger partial charge in [-0.3, -0.25) is 0 Å². The van der Waals surface area contributed by atoms with Crippen molar-refractivity contribution in [2.75, 3.05) is 0 Å². The fourth-order valence-corrected chi connectivity index (χ4v) is 6.67. The maximum atomic E-state index is 13.2. The van der Waals surface area contributed by atoms with E-state index >= 15 is 0 Å². The molecule has 0 bridgehead atoms. The molecule has 1 fully saturated rings. The lowest BCUT2D eigenvalue weighted by Crippen LogP contribution is -2.46. The predicted molar refractivity (Wildman–Crippen MR) is 117 cm³/mol. The van der Waals surface area contributed by atoms with Crippen LogP contribution in [0.5, 0.6) is 0 Å². The van der Waals surface area contributed by atoms with Gasteiger partial charge < -0.3 is 4.43 Å². The molecular weight excluding hydrogens is 372 g/mol. The van der Waals surface area contributed by atoms with Crippen LogP contribution >= 0.6 is 0 Å². The molecule has 0 heterocycles. The summed E-state index contributed by atoms with van der Waals surface area (Å²) < 4.78 is 33.0. The van der Waals surface area contributed by atoms with E-state index in [0.717, 1.165) is 24.8 Å². The van der Waals surface area contributed by atoms with Crippen LogP contribution in [0.2, 0.25) is 18.1 Å². The summed E-state index contributed by atoms with van der Waals surface area (Å²) in [6.07, 6.45) is 3.31. The number of benzene rings is 1. The van der Waals surface area contributed by atoms with Gasteiger partial charge in [0, 0.05) is 6.10 Å². The Bertz CT molecular complexity index is 737. The molecule has 2 atom stereocenters. The molecule has 0 radical (unpaired) electrons. The molecule has 0 aliphatic heterocycles. The summed E-state index contributed by atoms with van der Waals surface area (Å²) >= 11 is 0. The van der Waals surface area contributed by atoms with Gasteiger partial charge >= 0.3 is 0 Å². The zero-order chi connectivity index (χ0) is 20.7. The third kappa shape index (κ3) is 5.24. The molecule has 0 saturated heterocycles. The van der Waals surface area contributed by atoms with Crippen molar-refractivity contribution < 1.29 is 12.8 Å². The molecule has 0 unspecified atom stereocenters. The molecule has 1 aliphatic carbocycles. The molecule has 2 rings (SSSR count). The minimum Gasteiger partial charge on any atom is -0.414 e. The zero-order valence-corrected chi connectivity index (χ0v) is 20.2. The topological polar surface area (TPSA) is 43.4 Å². The van der Waals surface area contributed by atoms with E-state index in [2.05, 4.69) is 54.6 Å². The highest BCUT2D eigenvalue weighted by Crippen LogP contribution is 2.40. The molecule has 1 aromatic carbocycles. The summed E-state index contributed by atoms with van der Waals surface area (Å²) in [6.45, 7) is 17.6. The zero-order valence-electron chi connectivity index (χ0n) is 18.4. The Morgan fingerprint density at radius 3 is 2.00 bits per heavy atom. The normalized spacial score (nSPS) is 22.7. The Labute approximate surface area is 168 Å². The van der Waals surface area contributed by atoms with E-state index < -0.39 is 18.2 Å². The second-order valence-corrected chi connectivity index (χ2v) is 17.6. The van der Waals surface area contributed by atoms with E-state index in [0.29, 0.717) is 11.3 Å². The van der Waals surface area contributed by atoms with Crippen molar-refractivity contribution >= 4 is 18.2 Å². The van der Waals surface area contributed by atoms with Gasteiger partial charge in [0.25, 0.3) is 0 Å². The van der Waals surface area contributed by atoms with Crippen LogP contribution in [0.4, 0.5) is 0 Å². The van der Waals surface area contributed by atoms with Crippen molar-refractivity contribution in [3.05, 3.63) is 29.8 Å². The van der Waals surface area contributed by atoms with Gasteiger partial charge in [0.05, 0.1) is 10.1 Å². The molecule has 0 aromatic heterocycles. The van der Waals surface area contributed by atoms with Crippen LogP contribution in [-0.2, 0) is 19.7 Å². The van der Waals surface area contributed by atoms with Gasteiger partial charge in [0.1, 0.15) is 0 Å². The molecular formula is C22H38O3SSi. The summed E-state index contributed by atoms with van der Waals surface area (Å²) in [7, 11) is -5.20. The van der Waals surface area contributed by atoms with E-state index in [1.807, 2.05) is 12.1 Å². The number of hydrogen-bond donors (Lipinski definition) is 0. The van der Waals surface area contributed by atoms with Crippen molar-refractivity contribution in [2.24, 2.45) is 0 Å². The van der Waals surface area contributed by atoms with Gasteiger partial charge in [-0.1, -0.05) is 53.7 Å². The lowest BCUT2D eigenvalue weighted by atomic mass is 9.87. The minimum absolute atomic E-state index is 0.0230. The van der Waals surface area contributed by atoms with Gasteiger partial charge in [0.2, 0.25) is 0 Å². The largest absolute Gasteiger partial charge is 0.414 e. The van der Waals surface area contributed by atoms with Crippen molar-refractivity contribution in [1.29, 1.82) is 0 Å².